The highest BCUT2D eigenvalue weighted by molar-refractivity contribution is 8.26. The van der Waals surface area contributed by atoms with Crippen molar-refractivity contribution in [2.75, 3.05) is 32.8 Å². The van der Waals surface area contributed by atoms with Crippen LogP contribution in [0.25, 0.3) is 6.08 Å². The fourth-order valence-corrected chi connectivity index (χ4v) is 4.04. The first-order valence-electron chi connectivity index (χ1n) is 8.16. The number of hydrogen-bond acceptors (Lipinski definition) is 6. The minimum absolute atomic E-state index is 0.143. The molecular weight excluding hydrogens is 394 g/mol. The van der Waals surface area contributed by atoms with Crippen LogP contribution >= 0.6 is 35.6 Å². The lowest BCUT2D eigenvalue weighted by Crippen LogP contribution is -2.49. The lowest BCUT2D eigenvalue weighted by Gasteiger charge is -2.27. The number of hydrazine groups is 1. The molecule has 2 saturated heterocycles. The number of nitrogens with zero attached hydrogens (tertiary/aromatic N) is 2. The fourth-order valence-electron chi connectivity index (χ4n) is 2.55. The van der Waals surface area contributed by atoms with Crippen LogP contribution in [0, 0.1) is 0 Å². The van der Waals surface area contributed by atoms with Gasteiger partial charge in [-0.05, 0) is 17.7 Å². The van der Waals surface area contributed by atoms with Gasteiger partial charge in [0.15, 0.2) is 0 Å². The molecule has 2 fully saturated rings. The van der Waals surface area contributed by atoms with E-state index in [1.54, 1.807) is 12.1 Å². The number of benzene rings is 1. The second kappa shape index (κ2) is 8.96. The third kappa shape index (κ3) is 4.83. The highest BCUT2D eigenvalue weighted by atomic mass is 35.5. The topological polar surface area (TPSA) is 61.9 Å². The van der Waals surface area contributed by atoms with Crippen LogP contribution in [-0.2, 0) is 14.3 Å². The number of rotatable bonds is 5. The van der Waals surface area contributed by atoms with E-state index in [1.807, 2.05) is 23.2 Å². The van der Waals surface area contributed by atoms with E-state index in [-0.39, 0.29) is 24.8 Å². The molecule has 1 aromatic rings. The Kier molecular flexibility index (Phi) is 6.66. The van der Waals surface area contributed by atoms with Crippen molar-refractivity contribution in [1.29, 1.82) is 0 Å². The molecule has 1 N–H and O–H groups in total. The summed E-state index contributed by atoms with van der Waals surface area (Å²) in [6.07, 6.45) is 1.92. The Morgan fingerprint density at radius 3 is 2.81 bits per heavy atom. The molecule has 0 aliphatic carbocycles. The normalized spacial score (nSPS) is 20.0. The number of halogens is 1. The molecule has 0 bridgehead atoms. The molecule has 0 unspecified atom stereocenters. The van der Waals surface area contributed by atoms with Crippen LogP contribution in [0.5, 0.6) is 0 Å². The zero-order valence-corrected chi connectivity index (χ0v) is 16.3. The summed E-state index contributed by atoms with van der Waals surface area (Å²) in [7, 11) is 0. The minimum Gasteiger partial charge on any atom is -0.379 e. The molecular formula is C17H18ClN3O3S2. The quantitative estimate of drug-likeness (QED) is 0.592. The number of thioether (sulfide) groups is 1. The van der Waals surface area contributed by atoms with Gasteiger partial charge in [-0.2, -0.15) is 0 Å². The van der Waals surface area contributed by atoms with Gasteiger partial charge in [-0.3, -0.25) is 19.9 Å². The summed E-state index contributed by atoms with van der Waals surface area (Å²) < 4.78 is 5.69. The van der Waals surface area contributed by atoms with E-state index in [2.05, 4.69) is 5.43 Å². The largest absolute Gasteiger partial charge is 0.379 e. The van der Waals surface area contributed by atoms with Gasteiger partial charge in [0.2, 0.25) is 5.91 Å². The molecule has 3 rings (SSSR count). The standard InChI is InChI=1S/C17H18ClN3O3S2/c18-13-4-2-1-3-12(13)11-14-16(23)21(17(25)26-14)6-5-15(22)19-20-7-9-24-10-8-20/h1-4,11H,5-10H2,(H,19,22)/b14-11-. The maximum Gasteiger partial charge on any atom is 0.266 e. The van der Waals surface area contributed by atoms with Crippen molar-refractivity contribution < 1.29 is 14.3 Å². The maximum atomic E-state index is 12.6. The zero-order valence-electron chi connectivity index (χ0n) is 13.9. The average Bonchev–Trinajstić information content (AvgIpc) is 2.89. The molecule has 9 heteroatoms. The lowest BCUT2D eigenvalue weighted by atomic mass is 10.2. The van der Waals surface area contributed by atoms with E-state index in [1.165, 1.54) is 16.7 Å². The Morgan fingerprint density at radius 2 is 2.08 bits per heavy atom. The summed E-state index contributed by atoms with van der Waals surface area (Å²) in [6, 6.07) is 7.29. The number of ether oxygens (including phenoxy) is 1. The molecule has 0 spiro atoms. The molecule has 2 heterocycles. The van der Waals surface area contributed by atoms with Crippen molar-refractivity contribution in [3.63, 3.8) is 0 Å². The van der Waals surface area contributed by atoms with Gasteiger partial charge in [-0.25, -0.2) is 5.01 Å². The average molecular weight is 412 g/mol. The summed E-state index contributed by atoms with van der Waals surface area (Å²) in [5.41, 5.74) is 3.59. The molecule has 2 amide bonds. The Labute approximate surface area is 166 Å². The van der Waals surface area contributed by atoms with E-state index >= 15 is 0 Å². The number of nitrogens with one attached hydrogen (secondary N) is 1. The van der Waals surface area contributed by atoms with E-state index in [4.69, 9.17) is 28.6 Å². The first-order chi connectivity index (χ1) is 12.5. The smallest absolute Gasteiger partial charge is 0.266 e. The van der Waals surface area contributed by atoms with Crippen LogP contribution in [0.1, 0.15) is 12.0 Å². The van der Waals surface area contributed by atoms with E-state index in [0.29, 0.717) is 40.6 Å². The van der Waals surface area contributed by atoms with Gasteiger partial charge >= 0.3 is 0 Å². The Balaban J connectivity index is 1.57. The van der Waals surface area contributed by atoms with Gasteiger partial charge < -0.3 is 4.74 Å². The van der Waals surface area contributed by atoms with Crippen molar-refractivity contribution in [2.24, 2.45) is 0 Å². The van der Waals surface area contributed by atoms with Gasteiger partial charge in [0.1, 0.15) is 4.32 Å². The van der Waals surface area contributed by atoms with Crippen molar-refractivity contribution in [3.05, 3.63) is 39.8 Å². The van der Waals surface area contributed by atoms with Crippen molar-refractivity contribution in [1.82, 2.24) is 15.3 Å². The molecule has 26 heavy (non-hydrogen) atoms. The summed E-state index contributed by atoms with van der Waals surface area (Å²) in [5, 5.41) is 2.40. The number of morpholine rings is 1. The molecule has 0 radical (unpaired) electrons. The Bertz CT molecular complexity index is 751. The number of carbonyl (C=O) groups excluding carboxylic acids is 2. The van der Waals surface area contributed by atoms with Crippen LogP contribution in [-0.4, -0.2) is 58.9 Å². The molecule has 2 aliphatic rings. The first kappa shape index (κ1) is 19.3. The molecule has 138 valence electrons. The van der Waals surface area contributed by atoms with Gasteiger partial charge in [-0.1, -0.05) is 53.8 Å². The minimum atomic E-state index is -0.195. The number of carbonyl (C=O) groups is 2. The molecule has 0 saturated carbocycles. The summed E-state index contributed by atoms with van der Waals surface area (Å²) in [6.45, 7) is 2.77. The van der Waals surface area contributed by atoms with Gasteiger partial charge in [0, 0.05) is 31.1 Å². The predicted molar refractivity (Wildman–Crippen MR) is 106 cm³/mol. The van der Waals surface area contributed by atoms with Crippen LogP contribution in [0.2, 0.25) is 5.02 Å². The molecule has 0 atom stereocenters. The van der Waals surface area contributed by atoms with Crippen molar-refractivity contribution in [3.8, 4) is 0 Å². The van der Waals surface area contributed by atoms with E-state index in [0.717, 1.165) is 5.56 Å². The monoisotopic (exact) mass is 411 g/mol. The Morgan fingerprint density at radius 1 is 1.35 bits per heavy atom. The van der Waals surface area contributed by atoms with E-state index in [9.17, 15) is 9.59 Å². The molecule has 2 aliphatic heterocycles. The summed E-state index contributed by atoms with van der Waals surface area (Å²) in [5.74, 6) is -0.338. The van der Waals surface area contributed by atoms with E-state index < -0.39 is 0 Å². The van der Waals surface area contributed by atoms with Crippen molar-refractivity contribution in [2.45, 2.75) is 6.42 Å². The second-order valence-electron chi connectivity index (χ2n) is 5.74. The van der Waals surface area contributed by atoms with Crippen LogP contribution in [0.3, 0.4) is 0 Å². The molecule has 6 nitrogen and oxygen atoms in total. The summed E-state index contributed by atoms with van der Waals surface area (Å²) >= 11 is 12.7. The zero-order chi connectivity index (χ0) is 18.5. The number of thiocarbonyl (C=S) groups is 1. The lowest BCUT2D eigenvalue weighted by molar-refractivity contribution is -0.128. The number of hydrogen-bond donors (Lipinski definition) is 1. The van der Waals surface area contributed by atoms with Crippen LogP contribution in [0.15, 0.2) is 29.2 Å². The highest BCUT2D eigenvalue weighted by Gasteiger charge is 2.32. The first-order valence-corrected chi connectivity index (χ1v) is 9.77. The Hall–Kier alpha value is -1.45. The highest BCUT2D eigenvalue weighted by Crippen LogP contribution is 2.33. The number of amides is 2. The third-order valence-corrected chi connectivity index (χ3v) is 5.64. The van der Waals surface area contributed by atoms with Gasteiger partial charge in [0.05, 0.1) is 18.1 Å². The third-order valence-electron chi connectivity index (χ3n) is 3.92. The fraction of sp³-hybridized carbons (Fsp3) is 0.353. The SMILES string of the molecule is O=C(CCN1C(=O)/C(=C/c2ccccc2Cl)SC1=S)NN1CCOCC1. The maximum absolute atomic E-state index is 12.6. The summed E-state index contributed by atoms with van der Waals surface area (Å²) in [4.78, 5) is 26.6. The van der Waals surface area contributed by atoms with Gasteiger partial charge in [0.25, 0.3) is 5.91 Å². The van der Waals surface area contributed by atoms with Crippen LogP contribution < -0.4 is 5.43 Å². The molecule has 0 aromatic heterocycles. The van der Waals surface area contributed by atoms with Crippen molar-refractivity contribution >= 4 is 57.8 Å². The predicted octanol–water partition coefficient (Wildman–Crippen LogP) is 2.29. The van der Waals surface area contributed by atoms with Gasteiger partial charge in [-0.15, -0.1) is 0 Å². The molecule has 1 aromatic carbocycles. The van der Waals surface area contributed by atoms with Crippen LogP contribution in [0.4, 0.5) is 0 Å². The second-order valence-corrected chi connectivity index (χ2v) is 7.82.